The first-order valence-electron chi connectivity index (χ1n) is 8.63. The van der Waals surface area contributed by atoms with E-state index < -0.39 is 0 Å². The number of hydrogen-bond acceptors (Lipinski definition) is 4. The second-order valence-electron chi connectivity index (χ2n) is 6.06. The van der Waals surface area contributed by atoms with Gasteiger partial charge in [0.1, 0.15) is 11.5 Å². The van der Waals surface area contributed by atoms with Crippen molar-refractivity contribution in [3.05, 3.63) is 46.8 Å². The average molecular weight is 344 g/mol. The number of rotatable bonds is 7. The van der Waals surface area contributed by atoms with Crippen molar-refractivity contribution in [1.29, 1.82) is 0 Å². The van der Waals surface area contributed by atoms with Gasteiger partial charge < -0.3 is 19.9 Å². The molecule has 0 amide bonds. The summed E-state index contributed by atoms with van der Waals surface area (Å²) in [6.07, 6.45) is 0. The summed E-state index contributed by atoms with van der Waals surface area (Å²) in [5, 5.41) is 10.7. The van der Waals surface area contributed by atoms with Gasteiger partial charge in [-0.3, -0.25) is 0 Å². The van der Waals surface area contributed by atoms with Crippen LogP contribution in [0.15, 0.2) is 33.8 Å². The maximum atomic E-state index is 5.26. The molecule has 1 unspecified atom stereocenters. The second-order valence-corrected chi connectivity index (χ2v) is 6.06. The lowest BCUT2D eigenvalue weighted by Gasteiger charge is -2.16. The van der Waals surface area contributed by atoms with Gasteiger partial charge in [-0.1, -0.05) is 24.2 Å². The quantitative estimate of drug-likeness (QED) is 0.596. The van der Waals surface area contributed by atoms with E-state index in [-0.39, 0.29) is 5.92 Å². The van der Waals surface area contributed by atoms with Crippen LogP contribution in [0.25, 0.3) is 0 Å². The van der Waals surface area contributed by atoms with E-state index in [4.69, 9.17) is 9.26 Å². The fourth-order valence-electron chi connectivity index (χ4n) is 2.79. The fourth-order valence-corrected chi connectivity index (χ4v) is 2.79. The highest BCUT2D eigenvalue weighted by atomic mass is 16.5. The zero-order valence-electron chi connectivity index (χ0n) is 15.7. The summed E-state index contributed by atoms with van der Waals surface area (Å²) in [7, 11) is 1.67. The molecule has 1 aromatic carbocycles. The molecule has 6 heteroatoms. The number of aromatic nitrogens is 1. The van der Waals surface area contributed by atoms with Gasteiger partial charge in [-0.25, -0.2) is 4.99 Å². The van der Waals surface area contributed by atoms with E-state index in [0.717, 1.165) is 41.8 Å². The van der Waals surface area contributed by atoms with Gasteiger partial charge in [0.05, 0.1) is 19.3 Å². The van der Waals surface area contributed by atoms with Crippen LogP contribution < -0.4 is 15.4 Å². The molecule has 2 rings (SSSR count). The lowest BCUT2D eigenvalue weighted by atomic mass is 10.00. The zero-order chi connectivity index (χ0) is 18.2. The van der Waals surface area contributed by atoms with Crippen LogP contribution in [-0.2, 0) is 6.54 Å². The number of benzene rings is 1. The summed E-state index contributed by atoms with van der Waals surface area (Å²) >= 11 is 0. The first-order valence-corrected chi connectivity index (χ1v) is 8.63. The molecule has 6 nitrogen and oxygen atoms in total. The molecule has 25 heavy (non-hydrogen) atoms. The highest BCUT2D eigenvalue weighted by Gasteiger charge is 2.16. The molecule has 0 aliphatic rings. The molecule has 0 radical (unpaired) electrons. The minimum absolute atomic E-state index is 0.288. The van der Waals surface area contributed by atoms with Gasteiger partial charge >= 0.3 is 0 Å². The van der Waals surface area contributed by atoms with Crippen LogP contribution in [0.4, 0.5) is 0 Å². The molecule has 2 N–H and O–H groups in total. The Balaban J connectivity index is 1.97. The minimum Gasteiger partial charge on any atom is -0.497 e. The summed E-state index contributed by atoms with van der Waals surface area (Å²) in [4.78, 5) is 4.65. The topological polar surface area (TPSA) is 71.7 Å². The lowest BCUT2D eigenvalue weighted by Crippen LogP contribution is -2.39. The van der Waals surface area contributed by atoms with Gasteiger partial charge in [0.15, 0.2) is 5.96 Å². The predicted molar refractivity (Wildman–Crippen MR) is 100 cm³/mol. The van der Waals surface area contributed by atoms with Gasteiger partial charge in [-0.05, 0) is 38.5 Å². The van der Waals surface area contributed by atoms with Crippen LogP contribution >= 0.6 is 0 Å². The van der Waals surface area contributed by atoms with E-state index >= 15 is 0 Å². The molecule has 0 spiro atoms. The third-order valence-electron chi connectivity index (χ3n) is 4.08. The third-order valence-corrected chi connectivity index (χ3v) is 4.08. The first-order chi connectivity index (χ1) is 12.0. The maximum absolute atomic E-state index is 5.26. The molecular weight excluding hydrogens is 316 g/mol. The number of ether oxygens (including phenoxy) is 1. The Morgan fingerprint density at radius 1 is 1.24 bits per heavy atom. The van der Waals surface area contributed by atoms with Gasteiger partial charge in [0.25, 0.3) is 0 Å². The second kappa shape index (κ2) is 9.11. The molecule has 0 aliphatic heterocycles. The largest absolute Gasteiger partial charge is 0.497 e. The van der Waals surface area contributed by atoms with Crippen LogP contribution in [0.2, 0.25) is 0 Å². The summed E-state index contributed by atoms with van der Waals surface area (Å²) in [6.45, 7) is 10.3. The van der Waals surface area contributed by atoms with E-state index in [1.807, 2.05) is 38.1 Å². The molecule has 1 heterocycles. The van der Waals surface area contributed by atoms with Gasteiger partial charge in [-0.15, -0.1) is 0 Å². The first kappa shape index (κ1) is 18.8. The van der Waals surface area contributed by atoms with Crippen molar-refractivity contribution in [2.45, 2.75) is 40.2 Å². The van der Waals surface area contributed by atoms with E-state index in [9.17, 15) is 0 Å². The normalized spacial score (nSPS) is 12.8. The number of guanidine groups is 1. The van der Waals surface area contributed by atoms with Crippen LogP contribution in [0.3, 0.4) is 0 Å². The maximum Gasteiger partial charge on any atom is 0.191 e. The van der Waals surface area contributed by atoms with Crippen molar-refractivity contribution in [2.75, 3.05) is 20.2 Å². The highest BCUT2D eigenvalue weighted by molar-refractivity contribution is 5.79. The van der Waals surface area contributed by atoms with Crippen molar-refractivity contribution in [3.63, 3.8) is 0 Å². The smallest absolute Gasteiger partial charge is 0.191 e. The number of aliphatic imine (C=N–C) groups is 1. The van der Waals surface area contributed by atoms with E-state index in [1.54, 1.807) is 7.11 Å². The molecule has 2 aromatic rings. The lowest BCUT2D eigenvalue weighted by molar-refractivity contribution is 0.391. The Kier molecular flexibility index (Phi) is 6.86. The van der Waals surface area contributed by atoms with Gasteiger partial charge in [-0.2, -0.15) is 0 Å². The Morgan fingerprint density at radius 2 is 1.96 bits per heavy atom. The molecular formula is C19H28N4O2. The van der Waals surface area contributed by atoms with Gasteiger partial charge in [0, 0.05) is 24.6 Å². The van der Waals surface area contributed by atoms with Crippen molar-refractivity contribution >= 4 is 5.96 Å². The van der Waals surface area contributed by atoms with Crippen molar-refractivity contribution in [3.8, 4) is 5.75 Å². The number of nitrogens with one attached hydrogen (secondary N) is 2. The van der Waals surface area contributed by atoms with E-state index in [0.29, 0.717) is 6.54 Å². The van der Waals surface area contributed by atoms with Crippen molar-refractivity contribution in [2.24, 2.45) is 4.99 Å². The Labute approximate surface area is 149 Å². The molecule has 0 fully saturated rings. The van der Waals surface area contributed by atoms with E-state index in [2.05, 4.69) is 34.6 Å². The minimum atomic E-state index is 0.288. The van der Waals surface area contributed by atoms with Crippen LogP contribution in [0.5, 0.6) is 5.75 Å². The molecule has 0 saturated heterocycles. The van der Waals surface area contributed by atoms with Gasteiger partial charge in [0.2, 0.25) is 0 Å². The zero-order valence-corrected chi connectivity index (χ0v) is 15.7. The average Bonchev–Trinajstić information content (AvgIpc) is 2.96. The SMILES string of the molecule is CCNC(=NCc1ccc(OC)cc1)NCC(C)c1c(C)noc1C. The summed E-state index contributed by atoms with van der Waals surface area (Å²) < 4.78 is 10.4. The third kappa shape index (κ3) is 5.24. The monoisotopic (exact) mass is 344 g/mol. The predicted octanol–water partition coefficient (Wildman–Crippen LogP) is 3.16. The van der Waals surface area contributed by atoms with Crippen LogP contribution in [0, 0.1) is 13.8 Å². The Bertz CT molecular complexity index is 672. The number of hydrogen-bond donors (Lipinski definition) is 2. The van der Waals surface area contributed by atoms with E-state index in [1.165, 1.54) is 5.56 Å². The number of methoxy groups -OCH3 is 1. The highest BCUT2D eigenvalue weighted by Crippen LogP contribution is 2.22. The molecule has 1 atom stereocenters. The molecule has 0 saturated carbocycles. The molecule has 1 aromatic heterocycles. The Morgan fingerprint density at radius 3 is 2.52 bits per heavy atom. The molecule has 0 bridgehead atoms. The van der Waals surface area contributed by atoms with Crippen molar-refractivity contribution < 1.29 is 9.26 Å². The van der Waals surface area contributed by atoms with Crippen LogP contribution in [0.1, 0.15) is 42.3 Å². The molecule has 136 valence electrons. The fraction of sp³-hybridized carbons (Fsp3) is 0.474. The summed E-state index contributed by atoms with van der Waals surface area (Å²) in [5.74, 6) is 2.83. The summed E-state index contributed by atoms with van der Waals surface area (Å²) in [5.41, 5.74) is 3.25. The van der Waals surface area contributed by atoms with Crippen LogP contribution in [-0.4, -0.2) is 31.3 Å². The van der Waals surface area contributed by atoms with Crippen molar-refractivity contribution in [1.82, 2.24) is 15.8 Å². The Hall–Kier alpha value is -2.50. The molecule has 0 aliphatic carbocycles. The number of aryl methyl sites for hydroxylation is 2. The summed E-state index contributed by atoms with van der Waals surface area (Å²) in [6, 6.07) is 7.95. The standard InChI is InChI=1S/C19H28N4O2/c1-6-20-19(22-12-16-7-9-17(24-5)10-8-16)21-11-13(2)18-14(3)23-25-15(18)4/h7-10,13H,6,11-12H2,1-5H3,(H2,20,21,22). The number of nitrogens with zero attached hydrogens (tertiary/aromatic N) is 2.